The second kappa shape index (κ2) is 3.09. The van der Waals surface area contributed by atoms with Crippen molar-refractivity contribution < 1.29 is 15.0 Å². The molecule has 0 radical (unpaired) electrons. The number of rotatable bonds is 1. The van der Waals surface area contributed by atoms with Crippen molar-refractivity contribution in [2.24, 2.45) is 0 Å². The molecular weight excluding hydrogens is 146 g/mol. The van der Waals surface area contributed by atoms with E-state index in [2.05, 4.69) is 0 Å². The first-order valence-corrected chi connectivity index (χ1v) is 3.80. The lowest BCUT2D eigenvalue weighted by Gasteiger charge is -2.23. The molecule has 11 heavy (non-hydrogen) atoms. The standard InChI is InChI=1S/C7H13NO3/c1-5(9)6-3-2-4-8(6)7(10)11/h5-6,9H,2-4H2,1H3,(H,10,11)/t5?,6-/m1/s1. The van der Waals surface area contributed by atoms with Crippen molar-refractivity contribution in [3.8, 4) is 0 Å². The van der Waals surface area contributed by atoms with Crippen LogP contribution in [0.2, 0.25) is 0 Å². The topological polar surface area (TPSA) is 60.8 Å². The van der Waals surface area contributed by atoms with Gasteiger partial charge in [0.1, 0.15) is 0 Å². The first kappa shape index (κ1) is 8.33. The fourth-order valence-corrected chi connectivity index (χ4v) is 1.53. The van der Waals surface area contributed by atoms with Crippen molar-refractivity contribution in [3.63, 3.8) is 0 Å². The number of likely N-dealkylation sites (tertiary alicyclic amines) is 1. The van der Waals surface area contributed by atoms with E-state index in [9.17, 15) is 4.79 Å². The molecule has 0 aliphatic carbocycles. The van der Waals surface area contributed by atoms with Gasteiger partial charge in [0.15, 0.2) is 0 Å². The Labute approximate surface area is 65.4 Å². The minimum absolute atomic E-state index is 0.188. The molecule has 1 aliphatic rings. The third-order valence-electron chi connectivity index (χ3n) is 2.10. The predicted octanol–water partition coefficient (Wildman–Crippen LogP) is 0.510. The number of aliphatic hydroxyl groups excluding tert-OH is 1. The number of carbonyl (C=O) groups is 1. The smallest absolute Gasteiger partial charge is 0.407 e. The molecule has 2 N–H and O–H groups in total. The van der Waals surface area contributed by atoms with Gasteiger partial charge in [-0.25, -0.2) is 4.79 Å². The summed E-state index contributed by atoms with van der Waals surface area (Å²) in [6, 6.07) is -0.188. The van der Waals surface area contributed by atoms with Crippen LogP contribution in [0.15, 0.2) is 0 Å². The van der Waals surface area contributed by atoms with Crippen LogP contribution >= 0.6 is 0 Å². The number of hydrogen-bond donors (Lipinski definition) is 2. The normalized spacial score (nSPS) is 27.1. The monoisotopic (exact) mass is 159 g/mol. The van der Waals surface area contributed by atoms with Crippen molar-refractivity contribution in [3.05, 3.63) is 0 Å². The third-order valence-corrected chi connectivity index (χ3v) is 2.10. The van der Waals surface area contributed by atoms with Crippen molar-refractivity contribution in [1.82, 2.24) is 4.90 Å². The van der Waals surface area contributed by atoms with Gasteiger partial charge in [0.25, 0.3) is 0 Å². The summed E-state index contributed by atoms with van der Waals surface area (Å²) in [6.45, 7) is 2.19. The highest BCUT2D eigenvalue weighted by Crippen LogP contribution is 2.19. The number of aliphatic hydroxyl groups is 1. The molecule has 0 bridgehead atoms. The summed E-state index contributed by atoms with van der Waals surface area (Å²) >= 11 is 0. The van der Waals surface area contributed by atoms with Gasteiger partial charge in [-0.1, -0.05) is 0 Å². The Morgan fingerprint density at radius 2 is 2.36 bits per heavy atom. The molecular formula is C7H13NO3. The molecule has 1 saturated heterocycles. The Kier molecular flexibility index (Phi) is 2.34. The average molecular weight is 159 g/mol. The molecule has 4 heteroatoms. The Hall–Kier alpha value is -0.770. The fraction of sp³-hybridized carbons (Fsp3) is 0.857. The first-order chi connectivity index (χ1) is 5.13. The maximum absolute atomic E-state index is 10.5. The Morgan fingerprint density at radius 3 is 2.73 bits per heavy atom. The molecule has 0 aromatic rings. The molecule has 64 valence electrons. The van der Waals surface area contributed by atoms with Crippen LogP contribution in [0, 0.1) is 0 Å². The summed E-state index contributed by atoms with van der Waals surface area (Å²) in [7, 11) is 0. The van der Waals surface area contributed by atoms with Gasteiger partial charge in [-0.15, -0.1) is 0 Å². The molecule has 1 rings (SSSR count). The van der Waals surface area contributed by atoms with Crippen molar-refractivity contribution in [2.45, 2.75) is 31.9 Å². The minimum atomic E-state index is -0.923. The van der Waals surface area contributed by atoms with E-state index in [0.717, 1.165) is 12.8 Å². The van der Waals surface area contributed by atoms with E-state index in [1.54, 1.807) is 6.92 Å². The molecule has 1 fully saturated rings. The lowest BCUT2D eigenvalue weighted by molar-refractivity contribution is 0.0782. The lowest BCUT2D eigenvalue weighted by atomic mass is 10.1. The summed E-state index contributed by atoms with van der Waals surface area (Å²) in [5.41, 5.74) is 0. The largest absolute Gasteiger partial charge is 0.465 e. The van der Waals surface area contributed by atoms with Crippen LogP contribution < -0.4 is 0 Å². The molecule has 0 spiro atoms. The first-order valence-electron chi connectivity index (χ1n) is 3.80. The summed E-state index contributed by atoms with van der Waals surface area (Å²) in [6.07, 6.45) is 0.174. The molecule has 0 aromatic carbocycles. The zero-order chi connectivity index (χ0) is 8.43. The van der Waals surface area contributed by atoms with Crippen molar-refractivity contribution >= 4 is 6.09 Å². The van der Waals surface area contributed by atoms with Crippen LogP contribution in [0.3, 0.4) is 0 Å². The van der Waals surface area contributed by atoms with E-state index in [1.807, 2.05) is 0 Å². The SMILES string of the molecule is CC(O)[C@H]1CCCN1C(=O)O. The highest BCUT2D eigenvalue weighted by molar-refractivity contribution is 5.65. The molecule has 1 unspecified atom stereocenters. The predicted molar refractivity (Wildman–Crippen MR) is 39.4 cm³/mol. The Morgan fingerprint density at radius 1 is 1.73 bits per heavy atom. The number of amides is 1. The maximum atomic E-state index is 10.5. The van der Waals surface area contributed by atoms with Gasteiger partial charge in [0.2, 0.25) is 0 Å². The summed E-state index contributed by atoms with van der Waals surface area (Å²) in [5, 5.41) is 17.8. The molecule has 1 amide bonds. The summed E-state index contributed by atoms with van der Waals surface area (Å²) in [5.74, 6) is 0. The van der Waals surface area contributed by atoms with Gasteiger partial charge < -0.3 is 15.1 Å². The average Bonchev–Trinajstić information content (AvgIpc) is 2.32. The highest BCUT2D eigenvalue weighted by Gasteiger charge is 2.31. The van der Waals surface area contributed by atoms with Crippen LogP contribution in [0.1, 0.15) is 19.8 Å². The van der Waals surface area contributed by atoms with E-state index in [4.69, 9.17) is 10.2 Å². The highest BCUT2D eigenvalue weighted by atomic mass is 16.4. The van der Waals surface area contributed by atoms with Gasteiger partial charge in [-0.2, -0.15) is 0 Å². The molecule has 4 nitrogen and oxygen atoms in total. The van der Waals surface area contributed by atoms with E-state index < -0.39 is 12.2 Å². The quantitative estimate of drug-likeness (QED) is 0.586. The van der Waals surface area contributed by atoms with E-state index in [1.165, 1.54) is 4.90 Å². The van der Waals surface area contributed by atoms with Crippen LogP contribution in [0.4, 0.5) is 4.79 Å². The van der Waals surface area contributed by atoms with E-state index in [0.29, 0.717) is 6.54 Å². The zero-order valence-corrected chi connectivity index (χ0v) is 6.53. The van der Waals surface area contributed by atoms with Crippen molar-refractivity contribution in [1.29, 1.82) is 0 Å². The molecule has 2 atom stereocenters. The maximum Gasteiger partial charge on any atom is 0.407 e. The molecule has 0 saturated carbocycles. The molecule has 0 aromatic heterocycles. The van der Waals surface area contributed by atoms with Crippen LogP contribution in [-0.4, -0.2) is 39.9 Å². The van der Waals surface area contributed by atoms with Gasteiger partial charge in [-0.3, -0.25) is 0 Å². The van der Waals surface area contributed by atoms with E-state index >= 15 is 0 Å². The second-order valence-electron chi connectivity index (χ2n) is 2.93. The third kappa shape index (κ3) is 1.63. The van der Waals surface area contributed by atoms with Gasteiger partial charge >= 0.3 is 6.09 Å². The zero-order valence-electron chi connectivity index (χ0n) is 6.53. The van der Waals surface area contributed by atoms with Crippen LogP contribution in [-0.2, 0) is 0 Å². The summed E-state index contributed by atoms with van der Waals surface area (Å²) in [4.78, 5) is 11.8. The Bertz CT molecular complexity index is 158. The lowest BCUT2D eigenvalue weighted by Crippen LogP contribution is -2.40. The molecule has 1 aliphatic heterocycles. The summed E-state index contributed by atoms with van der Waals surface area (Å²) < 4.78 is 0. The van der Waals surface area contributed by atoms with Crippen LogP contribution in [0.5, 0.6) is 0 Å². The Balaban J connectivity index is 2.58. The number of nitrogens with zero attached hydrogens (tertiary/aromatic N) is 1. The number of carboxylic acid groups (broad SMARTS) is 1. The van der Waals surface area contributed by atoms with Crippen LogP contribution in [0.25, 0.3) is 0 Å². The van der Waals surface area contributed by atoms with Gasteiger partial charge in [0, 0.05) is 6.54 Å². The molecule has 1 heterocycles. The number of hydrogen-bond acceptors (Lipinski definition) is 2. The fourth-order valence-electron chi connectivity index (χ4n) is 1.53. The minimum Gasteiger partial charge on any atom is -0.465 e. The van der Waals surface area contributed by atoms with Gasteiger partial charge in [0.05, 0.1) is 12.1 Å². The second-order valence-corrected chi connectivity index (χ2v) is 2.93. The van der Waals surface area contributed by atoms with Gasteiger partial charge in [-0.05, 0) is 19.8 Å². The van der Waals surface area contributed by atoms with Crippen molar-refractivity contribution in [2.75, 3.05) is 6.54 Å². The van der Waals surface area contributed by atoms with E-state index in [-0.39, 0.29) is 6.04 Å².